The predicted octanol–water partition coefficient (Wildman–Crippen LogP) is -3.24. The normalized spacial score (nSPS) is 37.7. The van der Waals surface area contributed by atoms with Gasteiger partial charge in [0, 0.05) is 7.05 Å². The van der Waals surface area contributed by atoms with E-state index in [0.717, 1.165) is 0 Å². The second-order valence-electron chi connectivity index (χ2n) is 3.35. The van der Waals surface area contributed by atoms with Gasteiger partial charge in [0.05, 0.1) is 0 Å². The molecule has 0 saturated carbocycles. The third kappa shape index (κ3) is 2.27. The first-order valence-electron chi connectivity index (χ1n) is 4.61. The molecule has 0 aromatic rings. The van der Waals surface area contributed by atoms with Crippen molar-refractivity contribution in [1.29, 1.82) is 0 Å². The van der Waals surface area contributed by atoms with Crippen molar-refractivity contribution in [2.45, 2.75) is 30.6 Å². The van der Waals surface area contributed by atoms with Crippen LogP contribution in [0.4, 0.5) is 0 Å². The monoisotopic (exact) mass is 220 g/mol. The minimum atomic E-state index is -1.47. The van der Waals surface area contributed by atoms with E-state index in [4.69, 9.17) is 9.84 Å². The van der Waals surface area contributed by atoms with Gasteiger partial charge in [-0.25, -0.2) is 0 Å². The summed E-state index contributed by atoms with van der Waals surface area (Å²) in [5.41, 5.74) is 0. The van der Waals surface area contributed by atoms with Gasteiger partial charge in [-0.15, -0.1) is 0 Å². The van der Waals surface area contributed by atoms with Crippen LogP contribution in [0.15, 0.2) is 0 Å². The molecule has 0 spiro atoms. The van der Waals surface area contributed by atoms with E-state index in [0.29, 0.717) is 0 Å². The fourth-order valence-electron chi connectivity index (χ4n) is 1.56. The van der Waals surface area contributed by atoms with E-state index >= 15 is 0 Å². The Kier molecular flexibility index (Phi) is 4.00. The number of amides is 1. The second kappa shape index (κ2) is 4.86. The lowest BCUT2D eigenvalue weighted by Crippen LogP contribution is -2.53. The van der Waals surface area contributed by atoms with Gasteiger partial charge in [0.15, 0.2) is 6.29 Å². The molecule has 1 unspecified atom stereocenters. The van der Waals surface area contributed by atoms with Crippen LogP contribution in [0, 0.1) is 0 Å². The first-order chi connectivity index (χ1) is 7.02. The molecule has 1 amide bonds. The second-order valence-corrected chi connectivity index (χ2v) is 3.35. The number of aliphatic hydroxyl groups excluding tert-OH is 3. The van der Waals surface area contributed by atoms with Gasteiger partial charge in [0.1, 0.15) is 24.4 Å². The summed E-state index contributed by atoms with van der Waals surface area (Å²) in [7, 11) is 2.97. The Morgan fingerprint density at radius 1 is 1.27 bits per heavy atom. The molecule has 0 radical (unpaired) electrons. The molecule has 1 saturated heterocycles. The summed E-state index contributed by atoms with van der Waals surface area (Å²) in [6.07, 6.45) is -5.13. The average Bonchev–Trinajstić information content (AvgIpc) is 2.47. The van der Waals surface area contributed by atoms with Crippen LogP contribution < -0.4 is 10.6 Å². The molecule has 88 valence electrons. The van der Waals surface area contributed by atoms with Gasteiger partial charge in [0.25, 0.3) is 0 Å². The van der Waals surface area contributed by atoms with Crippen LogP contribution in [0.25, 0.3) is 0 Å². The number of hydrogen-bond donors (Lipinski definition) is 5. The Balaban J connectivity index is 2.74. The summed E-state index contributed by atoms with van der Waals surface area (Å²) in [5, 5.41) is 32.9. The lowest BCUT2D eigenvalue weighted by atomic mass is 10.0. The number of likely N-dealkylation sites (N-methyl/N-ethyl adjacent to an activating group) is 2. The Morgan fingerprint density at radius 3 is 2.20 bits per heavy atom. The third-order valence-corrected chi connectivity index (χ3v) is 2.44. The SMILES string of the molecule is CNC(=O)[C@H](NC)C1O[C@H](O)[C@H](O)[C@H]1O. The standard InChI is InChI=1S/C8H16N2O5/c1-9-3(7(13)10-2)6-4(11)5(12)8(14)15-6/h3-6,8-9,11-12,14H,1-2H3,(H,10,13)/t3-,4-,5-,6?,8+/m1/s1. The number of rotatable bonds is 3. The quantitative estimate of drug-likeness (QED) is 0.342. The highest BCUT2D eigenvalue weighted by atomic mass is 16.6. The molecule has 7 heteroatoms. The fourth-order valence-corrected chi connectivity index (χ4v) is 1.56. The largest absolute Gasteiger partial charge is 0.387 e. The Hall–Kier alpha value is -0.730. The molecule has 1 fully saturated rings. The van der Waals surface area contributed by atoms with E-state index in [1.165, 1.54) is 14.1 Å². The van der Waals surface area contributed by atoms with Gasteiger partial charge in [-0.2, -0.15) is 0 Å². The molecule has 15 heavy (non-hydrogen) atoms. The molecule has 0 bridgehead atoms. The maximum absolute atomic E-state index is 11.4. The summed E-state index contributed by atoms with van der Waals surface area (Å²) in [5.74, 6) is -0.386. The summed E-state index contributed by atoms with van der Waals surface area (Å²) >= 11 is 0. The average molecular weight is 220 g/mol. The van der Waals surface area contributed by atoms with Crippen molar-refractivity contribution in [3.63, 3.8) is 0 Å². The van der Waals surface area contributed by atoms with Crippen molar-refractivity contribution in [2.75, 3.05) is 14.1 Å². The van der Waals surface area contributed by atoms with Gasteiger partial charge in [0.2, 0.25) is 5.91 Å². The zero-order valence-electron chi connectivity index (χ0n) is 8.54. The molecule has 0 aromatic carbocycles. The summed E-state index contributed by atoms with van der Waals surface area (Å²) in [4.78, 5) is 11.4. The van der Waals surface area contributed by atoms with Gasteiger partial charge in [-0.05, 0) is 7.05 Å². The Morgan fingerprint density at radius 2 is 1.87 bits per heavy atom. The van der Waals surface area contributed by atoms with Crippen LogP contribution in [-0.2, 0) is 9.53 Å². The van der Waals surface area contributed by atoms with E-state index in [2.05, 4.69) is 10.6 Å². The number of ether oxygens (including phenoxy) is 1. The Labute approximate surface area is 87.0 Å². The number of nitrogens with one attached hydrogen (secondary N) is 2. The molecular weight excluding hydrogens is 204 g/mol. The minimum Gasteiger partial charge on any atom is -0.387 e. The lowest BCUT2D eigenvalue weighted by molar-refractivity contribution is -0.142. The van der Waals surface area contributed by atoms with Crippen LogP contribution in [0.5, 0.6) is 0 Å². The molecule has 0 aliphatic carbocycles. The number of carbonyl (C=O) groups excluding carboxylic acids is 1. The van der Waals surface area contributed by atoms with Crippen molar-refractivity contribution in [3.8, 4) is 0 Å². The van der Waals surface area contributed by atoms with E-state index in [-0.39, 0.29) is 5.91 Å². The van der Waals surface area contributed by atoms with E-state index < -0.39 is 30.6 Å². The van der Waals surface area contributed by atoms with Crippen LogP contribution in [0.1, 0.15) is 0 Å². The number of carbonyl (C=O) groups is 1. The van der Waals surface area contributed by atoms with Crippen molar-refractivity contribution >= 4 is 5.91 Å². The van der Waals surface area contributed by atoms with Gasteiger partial charge in [-0.3, -0.25) is 4.79 Å². The molecular formula is C8H16N2O5. The predicted molar refractivity (Wildman–Crippen MR) is 49.8 cm³/mol. The summed E-state index contributed by atoms with van der Waals surface area (Å²) < 4.78 is 4.89. The molecule has 0 aromatic heterocycles. The molecule has 7 nitrogen and oxygen atoms in total. The maximum atomic E-state index is 11.4. The van der Waals surface area contributed by atoms with Crippen LogP contribution >= 0.6 is 0 Å². The Bertz CT molecular complexity index is 237. The first kappa shape index (κ1) is 12.3. The van der Waals surface area contributed by atoms with Crippen LogP contribution in [-0.4, -0.2) is 66.0 Å². The topological polar surface area (TPSA) is 111 Å². The van der Waals surface area contributed by atoms with Gasteiger partial charge >= 0.3 is 0 Å². The maximum Gasteiger partial charge on any atom is 0.239 e. The van der Waals surface area contributed by atoms with Gasteiger partial charge in [-0.1, -0.05) is 0 Å². The summed E-state index contributed by atoms with van der Waals surface area (Å²) in [6.45, 7) is 0. The fraction of sp³-hybridized carbons (Fsp3) is 0.875. The first-order valence-corrected chi connectivity index (χ1v) is 4.61. The van der Waals surface area contributed by atoms with E-state index in [1.807, 2.05) is 0 Å². The van der Waals surface area contributed by atoms with Crippen molar-refractivity contribution in [2.24, 2.45) is 0 Å². The van der Waals surface area contributed by atoms with Crippen molar-refractivity contribution < 1.29 is 24.9 Å². The molecule has 5 N–H and O–H groups in total. The molecule has 1 aliphatic rings. The minimum absolute atomic E-state index is 0.386. The molecule has 1 rings (SSSR count). The molecule has 1 aliphatic heterocycles. The van der Waals surface area contributed by atoms with Crippen LogP contribution in [0.3, 0.4) is 0 Å². The number of aliphatic hydroxyl groups is 3. The highest BCUT2D eigenvalue weighted by Gasteiger charge is 2.47. The highest BCUT2D eigenvalue weighted by molar-refractivity contribution is 5.82. The summed E-state index contributed by atoms with van der Waals surface area (Å²) in [6, 6.07) is -0.822. The number of hydrogen-bond acceptors (Lipinski definition) is 6. The highest BCUT2D eigenvalue weighted by Crippen LogP contribution is 2.22. The van der Waals surface area contributed by atoms with E-state index in [9.17, 15) is 15.0 Å². The third-order valence-electron chi connectivity index (χ3n) is 2.44. The molecule has 1 heterocycles. The van der Waals surface area contributed by atoms with Gasteiger partial charge < -0.3 is 30.7 Å². The zero-order valence-corrected chi connectivity index (χ0v) is 8.54. The molecule has 5 atom stereocenters. The van der Waals surface area contributed by atoms with E-state index in [1.54, 1.807) is 0 Å². The lowest BCUT2D eigenvalue weighted by Gasteiger charge is -2.23. The zero-order chi connectivity index (χ0) is 11.6. The van der Waals surface area contributed by atoms with Crippen molar-refractivity contribution in [1.82, 2.24) is 10.6 Å². The van der Waals surface area contributed by atoms with Crippen LogP contribution in [0.2, 0.25) is 0 Å². The smallest absolute Gasteiger partial charge is 0.239 e. The van der Waals surface area contributed by atoms with Crippen molar-refractivity contribution in [3.05, 3.63) is 0 Å².